The summed E-state index contributed by atoms with van der Waals surface area (Å²) < 4.78 is 5.66. The van der Waals surface area contributed by atoms with Crippen molar-refractivity contribution >= 4 is 34.7 Å². The van der Waals surface area contributed by atoms with E-state index in [9.17, 15) is 19.8 Å². The molecule has 6 nitrogen and oxygen atoms in total. The molecule has 0 unspecified atom stereocenters. The lowest BCUT2D eigenvalue weighted by atomic mass is 10.1. The Bertz CT molecular complexity index is 539. The number of carboxylic acid groups (broad SMARTS) is 1. The number of rotatable bonds is 4. The molecule has 1 rings (SSSR count). The van der Waals surface area contributed by atoms with Gasteiger partial charge in [-0.05, 0) is 61.1 Å². The van der Waals surface area contributed by atoms with Gasteiger partial charge in [0.25, 0.3) is 0 Å². The number of hydrogen-bond acceptors (Lipinski definition) is 4. The number of phenolic OH excluding ortho intramolecular Hbond substituents is 1. The average molecular weight is 407 g/mol. The summed E-state index contributed by atoms with van der Waals surface area (Å²) in [6.07, 6.45) is -0.673. The number of benzene rings is 1. The van der Waals surface area contributed by atoms with Crippen molar-refractivity contribution in [3.8, 4) is 5.75 Å². The fraction of sp³-hybridized carbons (Fsp3) is 0.429. The zero-order valence-electron chi connectivity index (χ0n) is 12.0. The quantitative estimate of drug-likeness (QED) is 0.667. The Balaban J connectivity index is 2.76. The fourth-order valence-electron chi connectivity index (χ4n) is 1.56. The number of phenols is 1. The van der Waals surface area contributed by atoms with E-state index >= 15 is 0 Å². The van der Waals surface area contributed by atoms with Crippen LogP contribution in [0.5, 0.6) is 5.75 Å². The van der Waals surface area contributed by atoms with E-state index in [1.807, 2.05) is 22.6 Å². The number of amides is 1. The molecule has 116 valence electrons. The maximum Gasteiger partial charge on any atom is 0.408 e. The highest BCUT2D eigenvalue weighted by Crippen LogP contribution is 2.21. The van der Waals surface area contributed by atoms with Crippen LogP contribution in [-0.4, -0.2) is 33.9 Å². The second kappa shape index (κ2) is 6.97. The zero-order chi connectivity index (χ0) is 16.2. The highest BCUT2D eigenvalue weighted by molar-refractivity contribution is 14.1. The minimum atomic E-state index is -1.15. The van der Waals surface area contributed by atoms with E-state index in [0.717, 1.165) is 0 Å². The number of halogens is 1. The minimum Gasteiger partial charge on any atom is -0.507 e. The number of nitrogens with one attached hydrogen (secondary N) is 1. The summed E-state index contributed by atoms with van der Waals surface area (Å²) in [5.41, 5.74) is 0.00165. The third-order valence-corrected chi connectivity index (χ3v) is 3.31. The topological polar surface area (TPSA) is 95.9 Å². The lowest BCUT2D eigenvalue weighted by molar-refractivity contribution is -0.139. The molecule has 0 bridgehead atoms. The standard InChI is InChI=1S/C14H18INO5/c1-14(2,3)21-13(20)16-10(12(18)19)7-8-4-5-11(17)9(15)6-8/h4-6,10,17H,7H2,1-3H3,(H,16,20)(H,18,19)/t10-/m1/s1. The van der Waals surface area contributed by atoms with Gasteiger partial charge >= 0.3 is 12.1 Å². The summed E-state index contributed by atoms with van der Waals surface area (Å²) in [6, 6.07) is 3.68. The van der Waals surface area contributed by atoms with Crippen LogP contribution in [0.1, 0.15) is 26.3 Å². The van der Waals surface area contributed by atoms with Gasteiger partial charge in [0.1, 0.15) is 17.4 Å². The number of carboxylic acids is 1. The molecule has 0 aliphatic rings. The number of alkyl carbamates (subject to hydrolysis) is 1. The van der Waals surface area contributed by atoms with E-state index in [0.29, 0.717) is 9.13 Å². The molecule has 0 heterocycles. The van der Waals surface area contributed by atoms with Gasteiger partial charge in [-0.1, -0.05) is 6.07 Å². The Hall–Kier alpha value is -1.51. The Kier molecular flexibility index (Phi) is 5.82. The van der Waals surface area contributed by atoms with Crippen molar-refractivity contribution in [2.24, 2.45) is 0 Å². The molecule has 1 amide bonds. The molecule has 0 aliphatic carbocycles. The lowest BCUT2D eigenvalue weighted by Gasteiger charge is -2.22. The van der Waals surface area contributed by atoms with Gasteiger partial charge < -0.3 is 20.3 Å². The second-order valence-electron chi connectivity index (χ2n) is 5.53. The SMILES string of the molecule is CC(C)(C)OC(=O)N[C@H](Cc1ccc(O)c(I)c1)C(=O)O. The molecule has 0 aliphatic heterocycles. The molecule has 21 heavy (non-hydrogen) atoms. The summed E-state index contributed by atoms with van der Waals surface area (Å²) in [5, 5.41) is 21.0. The van der Waals surface area contributed by atoms with Crippen LogP contribution in [0, 0.1) is 3.57 Å². The lowest BCUT2D eigenvalue weighted by Crippen LogP contribution is -2.44. The van der Waals surface area contributed by atoms with Gasteiger partial charge in [0.05, 0.1) is 3.57 Å². The van der Waals surface area contributed by atoms with E-state index in [-0.39, 0.29) is 12.2 Å². The van der Waals surface area contributed by atoms with Crippen molar-refractivity contribution < 1.29 is 24.5 Å². The van der Waals surface area contributed by atoms with Crippen LogP contribution < -0.4 is 5.32 Å². The maximum absolute atomic E-state index is 11.6. The van der Waals surface area contributed by atoms with E-state index in [1.165, 1.54) is 6.07 Å². The summed E-state index contributed by atoms with van der Waals surface area (Å²) in [6.45, 7) is 5.10. The number of carbonyl (C=O) groups excluding carboxylic acids is 1. The summed E-state index contributed by atoms with van der Waals surface area (Å²) >= 11 is 1.95. The molecule has 1 atom stereocenters. The highest BCUT2D eigenvalue weighted by Gasteiger charge is 2.24. The predicted molar refractivity (Wildman–Crippen MR) is 85.3 cm³/mol. The van der Waals surface area contributed by atoms with Crippen molar-refractivity contribution in [1.82, 2.24) is 5.32 Å². The first-order chi connectivity index (χ1) is 9.58. The molecule has 1 aromatic carbocycles. The van der Waals surface area contributed by atoms with Crippen LogP contribution in [0.3, 0.4) is 0 Å². The summed E-state index contributed by atoms with van der Waals surface area (Å²) in [7, 11) is 0. The van der Waals surface area contributed by atoms with E-state index in [2.05, 4.69) is 5.32 Å². The first-order valence-electron chi connectivity index (χ1n) is 6.28. The van der Waals surface area contributed by atoms with Crippen molar-refractivity contribution in [2.45, 2.75) is 38.8 Å². The fourth-order valence-corrected chi connectivity index (χ4v) is 2.14. The molecule has 0 aromatic heterocycles. The number of hydrogen-bond donors (Lipinski definition) is 3. The third kappa shape index (κ3) is 6.19. The minimum absolute atomic E-state index is 0.102. The normalized spacial score (nSPS) is 12.6. The maximum atomic E-state index is 11.6. The van der Waals surface area contributed by atoms with Gasteiger partial charge in [0.2, 0.25) is 0 Å². The molecular weight excluding hydrogens is 389 g/mol. The number of carbonyl (C=O) groups is 2. The Labute approximate surface area is 136 Å². The van der Waals surface area contributed by atoms with Crippen molar-refractivity contribution in [1.29, 1.82) is 0 Å². The van der Waals surface area contributed by atoms with Crippen molar-refractivity contribution in [3.63, 3.8) is 0 Å². The summed E-state index contributed by atoms with van der Waals surface area (Å²) in [4.78, 5) is 22.9. The average Bonchev–Trinajstić information content (AvgIpc) is 2.30. The molecular formula is C14H18INO5. The van der Waals surface area contributed by atoms with Crippen LogP contribution in [-0.2, 0) is 16.0 Å². The largest absolute Gasteiger partial charge is 0.507 e. The van der Waals surface area contributed by atoms with Crippen molar-refractivity contribution in [3.05, 3.63) is 27.3 Å². The van der Waals surface area contributed by atoms with Gasteiger partial charge in [-0.15, -0.1) is 0 Å². The smallest absolute Gasteiger partial charge is 0.408 e. The van der Waals surface area contributed by atoms with E-state index < -0.39 is 23.7 Å². The van der Waals surface area contributed by atoms with Gasteiger partial charge in [-0.2, -0.15) is 0 Å². The number of ether oxygens (including phenoxy) is 1. The van der Waals surface area contributed by atoms with Crippen LogP contribution >= 0.6 is 22.6 Å². The molecule has 0 saturated heterocycles. The molecule has 3 N–H and O–H groups in total. The third-order valence-electron chi connectivity index (χ3n) is 2.44. The van der Waals surface area contributed by atoms with E-state index in [1.54, 1.807) is 32.9 Å². The predicted octanol–water partition coefficient (Wildman–Crippen LogP) is 2.52. The van der Waals surface area contributed by atoms with Crippen LogP contribution in [0.4, 0.5) is 4.79 Å². The van der Waals surface area contributed by atoms with Crippen LogP contribution in [0.2, 0.25) is 0 Å². The molecule has 7 heteroatoms. The Morgan fingerprint density at radius 3 is 2.48 bits per heavy atom. The first-order valence-corrected chi connectivity index (χ1v) is 7.36. The molecule has 0 saturated carbocycles. The van der Waals surface area contributed by atoms with Crippen LogP contribution in [0.25, 0.3) is 0 Å². The molecule has 1 aromatic rings. The second-order valence-corrected chi connectivity index (χ2v) is 6.69. The van der Waals surface area contributed by atoms with Gasteiger partial charge in [0.15, 0.2) is 0 Å². The monoisotopic (exact) mass is 407 g/mol. The van der Waals surface area contributed by atoms with Gasteiger partial charge in [-0.25, -0.2) is 9.59 Å². The molecule has 0 fully saturated rings. The van der Waals surface area contributed by atoms with Crippen LogP contribution in [0.15, 0.2) is 18.2 Å². The Morgan fingerprint density at radius 2 is 2.00 bits per heavy atom. The number of aromatic hydroxyl groups is 1. The van der Waals surface area contributed by atoms with Crippen molar-refractivity contribution in [2.75, 3.05) is 0 Å². The Morgan fingerprint density at radius 1 is 1.38 bits per heavy atom. The first kappa shape index (κ1) is 17.5. The molecule has 0 radical (unpaired) electrons. The highest BCUT2D eigenvalue weighted by atomic mass is 127. The van der Waals surface area contributed by atoms with E-state index in [4.69, 9.17) is 4.74 Å². The number of aliphatic carboxylic acids is 1. The molecule has 0 spiro atoms. The summed E-state index contributed by atoms with van der Waals surface area (Å²) in [5.74, 6) is -1.02. The van der Waals surface area contributed by atoms with Gasteiger partial charge in [-0.3, -0.25) is 0 Å². The zero-order valence-corrected chi connectivity index (χ0v) is 14.2. The van der Waals surface area contributed by atoms with Gasteiger partial charge in [0, 0.05) is 6.42 Å².